The number of hydrogen-bond donors (Lipinski definition) is 2. The van der Waals surface area contributed by atoms with Gasteiger partial charge in [0.05, 0.1) is 6.61 Å². The smallest absolute Gasteiger partial charge is 0.410 e. The normalized spacial score (nSPS) is 12.1. The highest BCUT2D eigenvalue weighted by Gasteiger charge is 2.30. The van der Waals surface area contributed by atoms with Crippen molar-refractivity contribution in [3.63, 3.8) is 0 Å². The summed E-state index contributed by atoms with van der Waals surface area (Å²) < 4.78 is 10.5. The lowest BCUT2D eigenvalue weighted by Crippen LogP contribution is -2.50. The Morgan fingerprint density at radius 1 is 1.09 bits per heavy atom. The molecule has 130 valence electrons. The average Bonchev–Trinajstić information content (AvgIpc) is 2.27. The minimum Gasteiger partial charge on any atom is -0.444 e. The number of carbonyl (C=O) groups excluding carboxylic acids is 2. The van der Waals surface area contributed by atoms with E-state index in [0.717, 1.165) is 0 Å². The highest BCUT2D eigenvalue weighted by molar-refractivity contribution is 5.74. The topological polar surface area (TPSA) is 93.9 Å². The Kier molecular flexibility index (Phi) is 8.40. The summed E-state index contributed by atoms with van der Waals surface area (Å²) in [7, 11) is 0. The summed E-state index contributed by atoms with van der Waals surface area (Å²) >= 11 is 0. The molecular formula is C15H31N3O4. The van der Waals surface area contributed by atoms with Gasteiger partial charge in [0.2, 0.25) is 5.91 Å². The van der Waals surface area contributed by atoms with Crippen LogP contribution in [0.1, 0.15) is 41.5 Å². The Morgan fingerprint density at radius 2 is 1.68 bits per heavy atom. The van der Waals surface area contributed by atoms with Crippen molar-refractivity contribution in [1.82, 2.24) is 10.2 Å². The van der Waals surface area contributed by atoms with Crippen LogP contribution in [0.3, 0.4) is 0 Å². The first-order chi connectivity index (χ1) is 9.93. The quantitative estimate of drug-likeness (QED) is 0.654. The van der Waals surface area contributed by atoms with E-state index >= 15 is 0 Å². The standard InChI is InChI=1S/C15H31N3O4/c1-14(2,3)18(13(20)22-15(4,5)6)9-7-17-8-10-21-11-12(16)19/h17H,7-11H2,1-6H3,(H2,16,19). The van der Waals surface area contributed by atoms with Crippen LogP contribution in [0, 0.1) is 0 Å². The lowest BCUT2D eigenvalue weighted by atomic mass is 10.1. The van der Waals surface area contributed by atoms with Crippen LogP contribution in [0.2, 0.25) is 0 Å². The van der Waals surface area contributed by atoms with E-state index in [4.69, 9.17) is 15.2 Å². The summed E-state index contributed by atoms with van der Waals surface area (Å²) in [5.74, 6) is -0.483. The predicted molar refractivity (Wildman–Crippen MR) is 85.6 cm³/mol. The number of carbonyl (C=O) groups is 2. The van der Waals surface area contributed by atoms with Gasteiger partial charge in [-0.25, -0.2) is 4.79 Å². The molecule has 0 aromatic carbocycles. The van der Waals surface area contributed by atoms with Crippen molar-refractivity contribution in [2.75, 3.05) is 32.8 Å². The molecular weight excluding hydrogens is 286 g/mol. The summed E-state index contributed by atoms with van der Waals surface area (Å²) in [6.45, 7) is 13.5. The van der Waals surface area contributed by atoms with Crippen molar-refractivity contribution >= 4 is 12.0 Å². The van der Waals surface area contributed by atoms with E-state index in [1.54, 1.807) is 4.90 Å². The molecule has 2 amide bonds. The minimum atomic E-state index is -0.517. The number of nitrogens with two attached hydrogens (primary N) is 1. The molecule has 0 bridgehead atoms. The van der Waals surface area contributed by atoms with Crippen molar-refractivity contribution in [2.24, 2.45) is 5.73 Å². The maximum atomic E-state index is 12.2. The third-order valence-electron chi connectivity index (χ3n) is 2.60. The van der Waals surface area contributed by atoms with Crippen molar-refractivity contribution in [2.45, 2.75) is 52.7 Å². The summed E-state index contributed by atoms with van der Waals surface area (Å²) in [5, 5.41) is 3.15. The third kappa shape index (κ3) is 10.4. The second-order valence-electron chi connectivity index (χ2n) is 7.07. The maximum Gasteiger partial charge on any atom is 0.410 e. The lowest BCUT2D eigenvalue weighted by molar-refractivity contribution is -0.122. The monoisotopic (exact) mass is 317 g/mol. The van der Waals surface area contributed by atoms with E-state index < -0.39 is 11.5 Å². The molecule has 0 unspecified atom stereocenters. The third-order valence-corrected chi connectivity index (χ3v) is 2.60. The Bertz CT molecular complexity index is 359. The van der Waals surface area contributed by atoms with Gasteiger partial charge in [-0.3, -0.25) is 4.79 Å². The van der Waals surface area contributed by atoms with Crippen LogP contribution in [0.25, 0.3) is 0 Å². The Labute approximate surface area is 133 Å². The van der Waals surface area contributed by atoms with Crippen LogP contribution in [-0.4, -0.2) is 60.9 Å². The second-order valence-corrected chi connectivity index (χ2v) is 7.07. The molecule has 7 nitrogen and oxygen atoms in total. The van der Waals surface area contributed by atoms with E-state index in [9.17, 15) is 9.59 Å². The largest absolute Gasteiger partial charge is 0.444 e. The van der Waals surface area contributed by atoms with Gasteiger partial charge in [-0.05, 0) is 41.5 Å². The fourth-order valence-corrected chi connectivity index (χ4v) is 1.65. The fraction of sp³-hybridized carbons (Fsp3) is 0.867. The molecule has 0 aliphatic carbocycles. The van der Waals surface area contributed by atoms with Crippen LogP contribution in [0.5, 0.6) is 0 Å². The number of hydrogen-bond acceptors (Lipinski definition) is 5. The van der Waals surface area contributed by atoms with E-state index in [1.165, 1.54) is 0 Å². The van der Waals surface area contributed by atoms with Crippen molar-refractivity contribution < 1.29 is 19.1 Å². The van der Waals surface area contributed by atoms with Gasteiger partial charge >= 0.3 is 6.09 Å². The van der Waals surface area contributed by atoms with E-state index in [-0.39, 0.29) is 18.2 Å². The molecule has 0 heterocycles. The van der Waals surface area contributed by atoms with Gasteiger partial charge in [0, 0.05) is 25.2 Å². The summed E-state index contributed by atoms with van der Waals surface area (Å²) in [5.41, 5.74) is 4.12. The number of nitrogens with one attached hydrogen (secondary N) is 1. The van der Waals surface area contributed by atoms with Gasteiger partial charge in [-0.1, -0.05) is 0 Å². The molecule has 0 saturated carbocycles. The highest BCUT2D eigenvalue weighted by Crippen LogP contribution is 2.17. The van der Waals surface area contributed by atoms with E-state index in [2.05, 4.69) is 5.32 Å². The molecule has 3 N–H and O–H groups in total. The van der Waals surface area contributed by atoms with Crippen molar-refractivity contribution in [3.05, 3.63) is 0 Å². The molecule has 0 aromatic heterocycles. The molecule has 0 spiro atoms. The molecule has 0 saturated heterocycles. The van der Waals surface area contributed by atoms with Gasteiger partial charge in [-0.2, -0.15) is 0 Å². The van der Waals surface area contributed by atoms with Gasteiger partial charge in [0.25, 0.3) is 0 Å². The van der Waals surface area contributed by atoms with Crippen LogP contribution in [-0.2, 0) is 14.3 Å². The SMILES string of the molecule is CC(C)(C)OC(=O)N(CCNCCOCC(N)=O)C(C)(C)C. The molecule has 7 heteroatoms. The maximum absolute atomic E-state index is 12.2. The first-order valence-corrected chi connectivity index (χ1v) is 7.51. The van der Waals surface area contributed by atoms with Gasteiger partial charge in [0.1, 0.15) is 12.2 Å². The highest BCUT2D eigenvalue weighted by atomic mass is 16.6. The molecule has 0 aliphatic heterocycles. The average molecular weight is 317 g/mol. The zero-order valence-electron chi connectivity index (χ0n) is 14.7. The first-order valence-electron chi connectivity index (χ1n) is 7.51. The molecule has 0 aromatic rings. The van der Waals surface area contributed by atoms with Gasteiger partial charge < -0.3 is 25.4 Å². The fourth-order valence-electron chi connectivity index (χ4n) is 1.65. The van der Waals surface area contributed by atoms with Gasteiger partial charge in [-0.15, -0.1) is 0 Å². The molecule has 0 atom stereocenters. The molecule has 0 aliphatic rings. The molecule has 0 fully saturated rings. The number of amides is 2. The number of primary amides is 1. The van der Waals surface area contributed by atoms with Crippen molar-refractivity contribution in [1.29, 1.82) is 0 Å². The Morgan fingerprint density at radius 3 is 2.14 bits per heavy atom. The van der Waals surface area contributed by atoms with Crippen molar-refractivity contribution in [3.8, 4) is 0 Å². The number of nitrogens with zero attached hydrogens (tertiary/aromatic N) is 1. The minimum absolute atomic E-state index is 0.0757. The number of ether oxygens (including phenoxy) is 2. The first kappa shape index (κ1) is 20.7. The summed E-state index contributed by atoms with van der Waals surface area (Å²) in [6.07, 6.45) is -0.327. The molecule has 0 radical (unpaired) electrons. The molecule has 22 heavy (non-hydrogen) atoms. The predicted octanol–water partition coefficient (Wildman–Crippen LogP) is 1.11. The van der Waals surface area contributed by atoms with Gasteiger partial charge in [0.15, 0.2) is 0 Å². The van der Waals surface area contributed by atoms with E-state index in [0.29, 0.717) is 26.2 Å². The zero-order valence-corrected chi connectivity index (χ0v) is 14.7. The second kappa shape index (κ2) is 8.95. The summed E-state index contributed by atoms with van der Waals surface area (Å²) in [4.78, 5) is 24.4. The zero-order chi connectivity index (χ0) is 17.4. The molecule has 0 rings (SSSR count). The van der Waals surface area contributed by atoms with Crippen LogP contribution in [0.4, 0.5) is 4.79 Å². The van der Waals surface area contributed by atoms with Crippen LogP contribution >= 0.6 is 0 Å². The van der Waals surface area contributed by atoms with Crippen LogP contribution < -0.4 is 11.1 Å². The Hall–Kier alpha value is -1.34. The Balaban J connectivity index is 4.18. The van der Waals surface area contributed by atoms with Crippen LogP contribution in [0.15, 0.2) is 0 Å². The lowest BCUT2D eigenvalue weighted by Gasteiger charge is -2.36. The van der Waals surface area contributed by atoms with E-state index in [1.807, 2.05) is 41.5 Å². The summed E-state index contributed by atoms with van der Waals surface area (Å²) in [6, 6.07) is 0. The number of rotatable bonds is 8.